The predicted octanol–water partition coefficient (Wildman–Crippen LogP) is 14.1. The van der Waals surface area contributed by atoms with Gasteiger partial charge in [-0.2, -0.15) is 0 Å². The van der Waals surface area contributed by atoms with Gasteiger partial charge in [0.05, 0.1) is 58.1 Å². The normalized spacial score (nSPS) is 23.2. The SMILES string of the molecule is CC(C)(C)c1ccc(N2[C@@H](c3ccc4nc([C@@H]5CCCN5C(=O)C(c5ccccc5)C5CCCC5)[nH]c4c3)CC[C@@H]2c2ccc3nc([C@@H]4CCCN4C(=O)C(c4ccccc4)C4CCCC4)[nH]c3c2)cc1. The second-order valence-corrected chi connectivity index (χ2v) is 22.9. The number of imidazole rings is 2. The summed E-state index contributed by atoms with van der Waals surface area (Å²) in [6, 6.07) is 44.1. The summed E-state index contributed by atoms with van der Waals surface area (Å²) in [7, 11) is 0. The molecule has 0 spiro atoms. The number of amides is 2. The molecule has 12 rings (SSSR count). The molecule has 2 aromatic heterocycles. The van der Waals surface area contributed by atoms with E-state index in [4.69, 9.17) is 9.97 Å². The van der Waals surface area contributed by atoms with Crippen LogP contribution in [-0.4, -0.2) is 54.6 Å². The van der Waals surface area contributed by atoms with Crippen LogP contribution >= 0.6 is 0 Å². The molecule has 5 fully saturated rings. The van der Waals surface area contributed by atoms with Crippen molar-refractivity contribution in [2.75, 3.05) is 18.0 Å². The highest BCUT2D eigenvalue weighted by Crippen LogP contribution is 2.49. The molecule has 2 amide bonds. The molecule has 2 aliphatic carbocycles. The number of likely N-dealkylation sites (tertiary alicyclic amines) is 2. The van der Waals surface area contributed by atoms with Crippen molar-refractivity contribution in [2.24, 2.45) is 11.8 Å². The Balaban J connectivity index is 0.833. The van der Waals surface area contributed by atoms with Crippen molar-refractivity contribution in [1.29, 1.82) is 0 Å². The van der Waals surface area contributed by atoms with Gasteiger partial charge < -0.3 is 24.7 Å². The lowest BCUT2D eigenvalue weighted by Crippen LogP contribution is -2.37. The van der Waals surface area contributed by atoms with Crippen LogP contribution in [0.3, 0.4) is 0 Å². The topological polar surface area (TPSA) is 101 Å². The predicted molar refractivity (Wildman–Crippen MR) is 284 cm³/mol. The van der Waals surface area contributed by atoms with Gasteiger partial charge in [-0.1, -0.05) is 131 Å². The number of fused-ring (bicyclic) bond motifs is 2. The summed E-state index contributed by atoms with van der Waals surface area (Å²) in [5.74, 6) is 2.93. The zero-order chi connectivity index (χ0) is 48.2. The number of nitrogens with zero attached hydrogens (tertiary/aromatic N) is 5. The number of anilines is 1. The third kappa shape index (κ3) is 8.75. The summed E-state index contributed by atoms with van der Waals surface area (Å²) in [6.07, 6.45) is 15.1. The molecule has 7 aromatic rings. The standard InChI is InChI=1S/C62H71N7O2/c1-62(2,3)46-28-30-47(31-29-46)69-52(44-26-32-48-50(38-44)65-58(63-48)54-24-14-36-67(54)60(70)56(42-20-10-11-21-42)40-16-6-4-7-17-40)34-35-53(69)45-27-33-49-51(39-45)66-59(64-49)55-25-15-37-68(55)61(71)57(43-22-12-13-23-43)41-18-8-5-9-19-41/h4-9,16-19,26-33,38-39,42-43,52-57H,10-15,20-25,34-37H2,1-3H3,(H,63,65)(H,64,66)/t52-,53-,54+,55+,56?,57?/m1/s1. The van der Waals surface area contributed by atoms with E-state index in [2.05, 4.69) is 167 Å². The number of rotatable bonds is 11. The first-order valence-corrected chi connectivity index (χ1v) is 27.2. The van der Waals surface area contributed by atoms with Crippen LogP contribution in [0.1, 0.15) is 186 Å². The van der Waals surface area contributed by atoms with Gasteiger partial charge in [-0.25, -0.2) is 9.97 Å². The Morgan fingerprint density at radius 1 is 0.507 bits per heavy atom. The number of aromatic amines is 2. The summed E-state index contributed by atoms with van der Waals surface area (Å²) < 4.78 is 0. The highest BCUT2D eigenvalue weighted by molar-refractivity contribution is 5.86. The Hall–Kier alpha value is -6.22. The minimum atomic E-state index is -0.0994. The lowest BCUT2D eigenvalue weighted by atomic mass is 9.83. The molecule has 9 heteroatoms. The Morgan fingerprint density at radius 2 is 0.944 bits per heavy atom. The second-order valence-electron chi connectivity index (χ2n) is 22.9. The zero-order valence-electron chi connectivity index (χ0n) is 42.0. The van der Waals surface area contributed by atoms with Crippen LogP contribution < -0.4 is 4.90 Å². The van der Waals surface area contributed by atoms with Crippen molar-refractivity contribution in [1.82, 2.24) is 29.7 Å². The minimum Gasteiger partial charge on any atom is -0.357 e. The number of H-pyrrole nitrogens is 2. The summed E-state index contributed by atoms with van der Waals surface area (Å²) >= 11 is 0. The maximum Gasteiger partial charge on any atom is 0.231 e. The molecule has 5 aromatic carbocycles. The second kappa shape index (κ2) is 19.1. The van der Waals surface area contributed by atoms with E-state index in [1.165, 1.54) is 48.1 Å². The quantitative estimate of drug-likeness (QED) is 0.135. The molecule has 0 radical (unpaired) electrons. The Bertz CT molecular complexity index is 2820. The van der Waals surface area contributed by atoms with E-state index in [1.54, 1.807) is 0 Å². The van der Waals surface area contributed by atoms with Crippen LogP contribution in [0.15, 0.2) is 121 Å². The highest BCUT2D eigenvalue weighted by atomic mass is 16.2. The number of carbonyl (C=O) groups is 2. The molecular weight excluding hydrogens is 875 g/mol. The van der Waals surface area contributed by atoms with E-state index >= 15 is 0 Å². The molecule has 2 saturated carbocycles. The fraction of sp³-hybridized carbons (Fsp3) is 0.452. The maximum absolute atomic E-state index is 14.7. The van der Waals surface area contributed by atoms with Gasteiger partial charge in [0.15, 0.2) is 0 Å². The van der Waals surface area contributed by atoms with Gasteiger partial charge in [0, 0.05) is 18.8 Å². The first-order chi connectivity index (χ1) is 34.7. The Kier molecular flexibility index (Phi) is 12.3. The fourth-order valence-corrected chi connectivity index (χ4v) is 13.9. The van der Waals surface area contributed by atoms with Crippen LogP contribution in [0, 0.1) is 11.8 Å². The lowest BCUT2D eigenvalue weighted by molar-refractivity contribution is -0.136. The molecule has 9 nitrogen and oxygen atoms in total. The first-order valence-electron chi connectivity index (χ1n) is 27.2. The van der Waals surface area contributed by atoms with E-state index in [0.29, 0.717) is 11.8 Å². The van der Waals surface area contributed by atoms with Gasteiger partial charge in [-0.05, 0) is 146 Å². The molecule has 3 aliphatic heterocycles. The number of benzene rings is 5. The maximum atomic E-state index is 14.7. The third-order valence-electron chi connectivity index (χ3n) is 17.5. The van der Waals surface area contributed by atoms with Gasteiger partial charge >= 0.3 is 0 Å². The fourth-order valence-electron chi connectivity index (χ4n) is 13.9. The molecule has 2 N–H and O–H groups in total. The van der Waals surface area contributed by atoms with E-state index in [0.717, 1.165) is 122 Å². The van der Waals surface area contributed by atoms with Crippen LogP contribution in [-0.2, 0) is 15.0 Å². The number of nitrogens with one attached hydrogen (secondary N) is 2. The first kappa shape index (κ1) is 45.9. The Morgan fingerprint density at radius 3 is 1.37 bits per heavy atom. The highest BCUT2D eigenvalue weighted by Gasteiger charge is 2.43. The van der Waals surface area contributed by atoms with Gasteiger partial charge in [0.1, 0.15) is 11.6 Å². The van der Waals surface area contributed by atoms with E-state index < -0.39 is 0 Å². The average molecular weight is 946 g/mol. The van der Waals surface area contributed by atoms with Crippen molar-refractivity contribution in [3.63, 3.8) is 0 Å². The van der Waals surface area contributed by atoms with Crippen LogP contribution in [0.5, 0.6) is 0 Å². The van der Waals surface area contributed by atoms with Gasteiger partial charge in [-0.15, -0.1) is 0 Å². The summed E-state index contributed by atoms with van der Waals surface area (Å²) in [4.78, 5) is 54.3. The molecule has 3 saturated heterocycles. The van der Waals surface area contributed by atoms with Crippen LogP contribution in [0.4, 0.5) is 5.69 Å². The summed E-state index contributed by atoms with van der Waals surface area (Å²) in [5, 5.41) is 0. The largest absolute Gasteiger partial charge is 0.357 e. The molecule has 366 valence electrons. The summed E-state index contributed by atoms with van der Waals surface area (Å²) in [5.41, 5.74) is 11.4. The van der Waals surface area contributed by atoms with E-state index in [9.17, 15) is 9.59 Å². The average Bonchev–Trinajstić information content (AvgIpc) is 4.25. The minimum absolute atomic E-state index is 0.0476. The van der Waals surface area contributed by atoms with E-state index in [-0.39, 0.29) is 53.2 Å². The van der Waals surface area contributed by atoms with Crippen molar-refractivity contribution >= 4 is 39.6 Å². The van der Waals surface area contributed by atoms with Crippen LogP contribution in [0.25, 0.3) is 22.1 Å². The molecule has 0 bridgehead atoms. The number of carbonyl (C=O) groups excluding carboxylic acids is 2. The number of hydrogen-bond acceptors (Lipinski definition) is 5. The lowest BCUT2D eigenvalue weighted by Gasteiger charge is -2.34. The van der Waals surface area contributed by atoms with Crippen molar-refractivity contribution < 1.29 is 9.59 Å². The molecular formula is C62H71N7O2. The molecule has 2 unspecified atom stereocenters. The smallest absolute Gasteiger partial charge is 0.231 e. The molecule has 71 heavy (non-hydrogen) atoms. The van der Waals surface area contributed by atoms with Crippen molar-refractivity contribution in [3.8, 4) is 0 Å². The van der Waals surface area contributed by atoms with E-state index in [1.807, 2.05) is 0 Å². The van der Waals surface area contributed by atoms with Crippen molar-refractivity contribution in [3.05, 3.63) is 161 Å². The number of hydrogen-bond donors (Lipinski definition) is 2. The number of aromatic nitrogens is 4. The summed E-state index contributed by atoms with van der Waals surface area (Å²) in [6.45, 7) is 8.38. The van der Waals surface area contributed by atoms with Gasteiger partial charge in [-0.3, -0.25) is 9.59 Å². The molecule has 5 heterocycles. The molecule has 5 aliphatic rings. The third-order valence-corrected chi connectivity index (χ3v) is 17.5. The zero-order valence-corrected chi connectivity index (χ0v) is 42.0. The van der Waals surface area contributed by atoms with Gasteiger partial charge in [0.25, 0.3) is 0 Å². The molecule has 6 atom stereocenters. The van der Waals surface area contributed by atoms with Crippen molar-refractivity contribution in [2.45, 2.75) is 152 Å². The monoisotopic (exact) mass is 946 g/mol. The van der Waals surface area contributed by atoms with Crippen LogP contribution in [0.2, 0.25) is 0 Å². The van der Waals surface area contributed by atoms with Gasteiger partial charge in [0.2, 0.25) is 11.8 Å². The Labute approximate surface area is 419 Å².